The summed E-state index contributed by atoms with van der Waals surface area (Å²) in [6.07, 6.45) is 0. The van der Waals surface area contributed by atoms with Gasteiger partial charge >= 0.3 is 0 Å². The lowest BCUT2D eigenvalue weighted by molar-refractivity contribution is 0.416. The van der Waals surface area contributed by atoms with Crippen LogP contribution in [0, 0.1) is 11.3 Å². The molecular weight excluding hydrogens is 318 g/mol. The molecule has 20 heavy (non-hydrogen) atoms. The van der Waals surface area contributed by atoms with Crippen LogP contribution in [-0.4, -0.2) is 7.11 Å². The molecule has 0 aromatic heterocycles. The lowest BCUT2D eigenvalue weighted by Gasteiger charge is -2.14. The Labute approximate surface area is 126 Å². The highest BCUT2D eigenvalue weighted by atomic mass is 79.9. The number of nitriles is 1. The quantitative estimate of drug-likeness (QED) is 0.841. The van der Waals surface area contributed by atoms with Crippen LogP contribution in [0.4, 0.5) is 11.4 Å². The summed E-state index contributed by atoms with van der Waals surface area (Å²) in [5, 5.41) is 12.2. The Bertz CT molecular complexity index is 647. The maximum Gasteiger partial charge on any atom is 0.145 e. The van der Waals surface area contributed by atoms with Crippen molar-refractivity contribution < 1.29 is 4.74 Å². The van der Waals surface area contributed by atoms with Crippen LogP contribution in [-0.2, 0) is 6.54 Å². The van der Waals surface area contributed by atoms with Crippen molar-refractivity contribution >= 4 is 27.3 Å². The zero-order valence-electron chi connectivity index (χ0n) is 11.0. The number of rotatable bonds is 4. The largest absolute Gasteiger partial charge is 0.494 e. The number of nitrogen functional groups attached to an aromatic ring is 1. The normalized spacial score (nSPS) is 9.85. The van der Waals surface area contributed by atoms with Crippen molar-refractivity contribution in [3.8, 4) is 11.8 Å². The van der Waals surface area contributed by atoms with Crippen LogP contribution in [0.3, 0.4) is 0 Å². The summed E-state index contributed by atoms with van der Waals surface area (Å²) in [4.78, 5) is 0. The number of halogens is 1. The fourth-order valence-corrected chi connectivity index (χ4v) is 2.11. The van der Waals surface area contributed by atoms with Gasteiger partial charge in [0.25, 0.3) is 0 Å². The molecule has 0 atom stereocenters. The molecule has 0 amide bonds. The lowest BCUT2D eigenvalue weighted by atomic mass is 10.1. The fraction of sp³-hybridized carbons (Fsp3) is 0.133. The van der Waals surface area contributed by atoms with E-state index in [9.17, 15) is 0 Å². The second-order valence-electron chi connectivity index (χ2n) is 4.23. The minimum Gasteiger partial charge on any atom is -0.494 e. The predicted molar refractivity (Wildman–Crippen MR) is 83.6 cm³/mol. The van der Waals surface area contributed by atoms with E-state index in [-0.39, 0.29) is 0 Å². The van der Waals surface area contributed by atoms with Gasteiger partial charge in [-0.2, -0.15) is 5.26 Å². The van der Waals surface area contributed by atoms with E-state index in [1.54, 1.807) is 19.2 Å². The molecule has 0 saturated carbocycles. The van der Waals surface area contributed by atoms with Gasteiger partial charge in [0.05, 0.1) is 24.4 Å². The van der Waals surface area contributed by atoms with E-state index >= 15 is 0 Å². The van der Waals surface area contributed by atoms with E-state index in [1.165, 1.54) is 0 Å². The second-order valence-corrected chi connectivity index (χ2v) is 5.15. The van der Waals surface area contributed by atoms with Gasteiger partial charge in [-0.1, -0.05) is 28.1 Å². The SMILES string of the molecule is COc1cc(C#N)cc(N)c1NCc1ccc(Br)cc1. The zero-order valence-corrected chi connectivity index (χ0v) is 12.6. The van der Waals surface area contributed by atoms with Crippen LogP contribution in [0.5, 0.6) is 5.75 Å². The van der Waals surface area contributed by atoms with E-state index in [0.29, 0.717) is 29.2 Å². The molecule has 0 radical (unpaired) electrons. The predicted octanol–water partition coefficient (Wildman–Crippen LogP) is 3.52. The highest BCUT2D eigenvalue weighted by Crippen LogP contribution is 2.32. The lowest BCUT2D eigenvalue weighted by Crippen LogP contribution is -2.05. The monoisotopic (exact) mass is 331 g/mol. The summed E-state index contributed by atoms with van der Waals surface area (Å²) in [6, 6.07) is 13.4. The number of benzene rings is 2. The summed E-state index contributed by atoms with van der Waals surface area (Å²) in [7, 11) is 1.56. The number of hydrogen-bond donors (Lipinski definition) is 2. The molecule has 2 aromatic rings. The Kier molecular flexibility index (Phi) is 4.49. The number of nitrogens with one attached hydrogen (secondary N) is 1. The summed E-state index contributed by atoms with van der Waals surface area (Å²) in [6.45, 7) is 0.625. The number of nitrogens with two attached hydrogens (primary N) is 1. The first-order valence-corrected chi connectivity index (χ1v) is 6.79. The molecule has 0 aliphatic rings. The van der Waals surface area contributed by atoms with Crippen LogP contribution in [0.1, 0.15) is 11.1 Å². The molecule has 0 heterocycles. The summed E-state index contributed by atoms with van der Waals surface area (Å²) in [5.74, 6) is 0.568. The minimum absolute atomic E-state index is 0.480. The standard InChI is InChI=1S/C15H14BrN3O/c1-20-14-7-11(8-17)6-13(18)15(14)19-9-10-2-4-12(16)5-3-10/h2-7,19H,9,18H2,1H3. The van der Waals surface area contributed by atoms with E-state index in [2.05, 4.69) is 27.3 Å². The molecular formula is C15H14BrN3O. The number of ether oxygens (including phenoxy) is 1. The van der Waals surface area contributed by atoms with E-state index < -0.39 is 0 Å². The number of anilines is 2. The van der Waals surface area contributed by atoms with Gasteiger partial charge < -0.3 is 15.8 Å². The first-order valence-electron chi connectivity index (χ1n) is 6.00. The van der Waals surface area contributed by atoms with Crippen molar-refractivity contribution in [2.45, 2.75) is 6.54 Å². The molecule has 2 rings (SSSR count). The van der Waals surface area contributed by atoms with E-state index in [4.69, 9.17) is 15.7 Å². The average molecular weight is 332 g/mol. The molecule has 4 nitrogen and oxygen atoms in total. The molecule has 0 aliphatic heterocycles. The first kappa shape index (κ1) is 14.2. The third-order valence-corrected chi connectivity index (χ3v) is 3.39. The van der Waals surface area contributed by atoms with Gasteiger partial charge in [-0.3, -0.25) is 0 Å². The van der Waals surface area contributed by atoms with Crippen LogP contribution in [0.25, 0.3) is 0 Å². The Morgan fingerprint density at radius 1 is 1.30 bits per heavy atom. The van der Waals surface area contributed by atoms with Gasteiger partial charge in [-0.25, -0.2) is 0 Å². The van der Waals surface area contributed by atoms with E-state index in [0.717, 1.165) is 10.0 Å². The van der Waals surface area contributed by atoms with Crippen molar-refractivity contribution in [3.05, 3.63) is 52.0 Å². The van der Waals surface area contributed by atoms with Crippen LogP contribution < -0.4 is 15.8 Å². The topological polar surface area (TPSA) is 71.1 Å². The highest BCUT2D eigenvalue weighted by molar-refractivity contribution is 9.10. The molecule has 0 spiro atoms. The van der Waals surface area contributed by atoms with Gasteiger partial charge in [0.2, 0.25) is 0 Å². The molecule has 0 fully saturated rings. The Balaban J connectivity index is 2.21. The molecule has 2 aromatic carbocycles. The molecule has 102 valence electrons. The molecule has 5 heteroatoms. The molecule has 0 saturated heterocycles. The molecule has 0 bridgehead atoms. The van der Waals surface area contributed by atoms with Gasteiger partial charge in [-0.15, -0.1) is 0 Å². The second kappa shape index (κ2) is 6.31. The van der Waals surface area contributed by atoms with Crippen molar-refractivity contribution in [1.82, 2.24) is 0 Å². The zero-order chi connectivity index (χ0) is 14.5. The molecule has 0 aliphatic carbocycles. The number of nitrogens with zero attached hydrogens (tertiary/aromatic N) is 1. The third-order valence-electron chi connectivity index (χ3n) is 2.86. The molecule has 3 N–H and O–H groups in total. The maximum atomic E-state index is 8.92. The number of hydrogen-bond acceptors (Lipinski definition) is 4. The maximum absolute atomic E-state index is 8.92. The Hall–Kier alpha value is -2.19. The fourth-order valence-electron chi connectivity index (χ4n) is 1.84. The van der Waals surface area contributed by atoms with Gasteiger partial charge in [-0.05, 0) is 23.8 Å². The third kappa shape index (κ3) is 3.22. The van der Waals surface area contributed by atoms with Crippen LogP contribution in [0.2, 0.25) is 0 Å². The number of methoxy groups -OCH3 is 1. The van der Waals surface area contributed by atoms with Gasteiger partial charge in [0.15, 0.2) is 0 Å². The van der Waals surface area contributed by atoms with Crippen molar-refractivity contribution in [2.24, 2.45) is 0 Å². The van der Waals surface area contributed by atoms with Crippen molar-refractivity contribution in [1.29, 1.82) is 5.26 Å². The van der Waals surface area contributed by atoms with E-state index in [1.807, 2.05) is 24.3 Å². The van der Waals surface area contributed by atoms with Crippen LogP contribution in [0.15, 0.2) is 40.9 Å². The minimum atomic E-state index is 0.480. The Morgan fingerprint density at radius 2 is 2.00 bits per heavy atom. The average Bonchev–Trinajstić information content (AvgIpc) is 2.47. The van der Waals surface area contributed by atoms with Gasteiger partial charge in [0.1, 0.15) is 11.4 Å². The summed E-state index contributed by atoms with van der Waals surface area (Å²) >= 11 is 3.40. The summed E-state index contributed by atoms with van der Waals surface area (Å²) in [5.41, 5.74) is 8.77. The highest BCUT2D eigenvalue weighted by Gasteiger charge is 2.09. The van der Waals surface area contributed by atoms with Crippen LogP contribution >= 0.6 is 15.9 Å². The molecule has 0 unspecified atom stereocenters. The van der Waals surface area contributed by atoms with Gasteiger partial charge in [0, 0.05) is 17.1 Å². The van der Waals surface area contributed by atoms with Crippen molar-refractivity contribution in [3.63, 3.8) is 0 Å². The Morgan fingerprint density at radius 3 is 2.60 bits per heavy atom. The van der Waals surface area contributed by atoms with Crippen molar-refractivity contribution in [2.75, 3.05) is 18.2 Å². The summed E-state index contributed by atoms with van der Waals surface area (Å²) < 4.78 is 6.31. The first-order chi connectivity index (χ1) is 9.63. The smallest absolute Gasteiger partial charge is 0.145 e.